The quantitative estimate of drug-likeness (QED) is 0.830. The number of halogens is 1. The van der Waals surface area contributed by atoms with E-state index in [0.717, 1.165) is 10.0 Å². The Morgan fingerprint density at radius 2 is 1.95 bits per heavy atom. The summed E-state index contributed by atoms with van der Waals surface area (Å²) in [6, 6.07) is 12.4. The van der Waals surface area contributed by atoms with E-state index >= 15 is 0 Å². The fourth-order valence-corrected chi connectivity index (χ4v) is 2.07. The number of nitrogens with zero attached hydrogens (tertiary/aromatic N) is 1. The molecule has 0 radical (unpaired) electrons. The second kappa shape index (κ2) is 7.70. The first kappa shape index (κ1) is 16.2. The number of pyridine rings is 1. The SMILES string of the molecule is C[C@H](NC(=O)COC(=O)c1ccccn1)c1ccc(Br)cc1. The molecule has 1 amide bonds. The standard InChI is InChI=1S/C16H15BrN2O3/c1-11(12-5-7-13(17)8-6-12)19-15(20)10-22-16(21)14-4-2-3-9-18-14/h2-9,11H,10H2,1H3,(H,19,20)/t11-/m0/s1. The summed E-state index contributed by atoms with van der Waals surface area (Å²) in [4.78, 5) is 27.3. The van der Waals surface area contributed by atoms with Crippen molar-refractivity contribution in [2.45, 2.75) is 13.0 Å². The Kier molecular flexibility index (Phi) is 5.66. The van der Waals surface area contributed by atoms with Gasteiger partial charge in [0.1, 0.15) is 5.69 Å². The van der Waals surface area contributed by atoms with Crippen molar-refractivity contribution in [1.82, 2.24) is 10.3 Å². The molecule has 5 nitrogen and oxygen atoms in total. The summed E-state index contributed by atoms with van der Waals surface area (Å²) in [7, 11) is 0. The number of benzene rings is 1. The molecule has 0 aliphatic rings. The van der Waals surface area contributed by atoms with Crippen molar-refractivity contribution in [3.63, 3.8) is 0 Å². The van der Waals surface area contributed by atoms with Gasteiger partial charge in [0.25, 0.3) is 5.91 Å². The summed E-state index contributed by atoms with van der Waals surface area (Å²) in [5.41, 5.74) is 1.14. The third kappa shape index (κ3) is 4.66. The average molecular weight is 363 g/mol. The van der Waals surface area contributed by atoms with Crippen LogP contribution in [0.2, 0.25) is 0 Å². The highest BCUT2D eigenvalue weighted by Gasteiger charge is 2.13. The van der Waals surface area contributed by atoms with Gasteiger partial charge in [0.05, 0.1) is 6.04 Å². The normalized spacial score (nSPS) is 11.5. The first-order valence-electron chi connectivity index (χ1n) is 6.69. The molecule has 0 aliphatic heterocycles. The Morgan fingerprint density at radius 3 is 2.59 bits per heavy atom. The highest BCUT2D eigenvalue weighted by Crippen LogP contribution is 2.16. The topological polar surface area (TPSA) is 68.3 Å². The van der Waals surface area contributed by atoms with Crippen LogP contribution in [-0.2, 0) is 9.53 Å². The fraction of sp³-hybridized carbons (Fsp3) is 0.188. The van der Waals surface area contributed by atoms with Crippen molar-refractivity contribution >= 4 is 27.8 Å². The van der Waals surface area contributed by atoms with Crippen molar-refractivity contribution < 1.29 is 14.3 Å². The van der Waals surface area contributed by atoms with Gasteiger partial charge in [0.15, 0.2) is 6.61 Å². The zero-order valence-corrected chi connectivity index (χ0v) is 13.5. The molecular formula is C16H15BrN2O3. The maximum absolute atomic E-state index is 11.8. The van der Waals surface area contributed by atoms with E-state index in [-0.39, 0.29) is 24.2 Å². The highest BCUT2D eigenvalue weighted by molar-refractivity contribution is 9.10. The van der Waals surface area contributed by atoms with Crippen LogP contribution < -0.4 is 5.32 Å². The minimum atomic E-state index is -0.618. The number of rotatable bonds is 5. The number of carbonyl (C=O) groups excluding carboxylic acids is 2. The van der Waals surface area contributed by atoms with Crippen molar-refractivity contribution in [3.05, 3.63) is 64.4 Å². The summed E-state index contributed by atoms with van der Waals surface area (Å²) >= 11 is 3.36. The van der Waals surface area contributed by atoms with Crippen LogP contribution >= 0.6 is 15.9 Å². The van der Waals surface area contributed by atoms with Crippen LogP contribution in [-0.4, -0.2) is 23.5 Å². The highest BCUT2D eigenvalue weighted by atomic mass is 79.9. The average Bonchev–Trinajstić information content (AvgIpc) is 2.54. The molecule has 6 heteroatoms. The third-order valence-corrected chi connectivity index (χ3v) is 3.48. The molecule has 22 heavy (non-hydrogen) atoms. The number of hydrogen-bond acceptors (Lipinski definition) is 4. The van der Waals surface area contributed by atoms with Gasteiger partial charge in [0, 0.05) is 10.7 Å². The zero-order chi connectivity index (χ0) is 15.9. The number of nitrogens with one attached hydrogen (secondary N) is 1. The first-order valence-corrected chi connectivity index (χ1v) is 7.48. The number of hydrogen-bond donors (Lipinski definition) is 1. The van der Waals surface area contributed by atoms with Crippen LogP contribution in [0, 0.1) is 0 Å². The van der Waals surface area contributed by atoms with E-state index in [1.54, 1.807) is 12.1 Å². The van der Waals surface area contributed by atoms with E-state index in [1.165, 1.54) is 12.3 Å². The summed E-state index contributed by atoms with van der Waals surface area (Å²) in [6.45, 7) is 1.53. The van der Waals surface area contributed by atoms with E-state index in [9.17, 15) is 9.59 Å². The van der Waals surface area contributed by atoms with Gasteiger partial charge in [-0.2, -0.15) is 0 Å². The number of ether oxygens (including phenoxy) is 1. The molecule has 0 aliphatic carbocycles. The first-order chi connectivity index (χ1) is 10.6. The molecule has 1 atom stereocenters. The van der Waals surface area contributed by atoms with Gasteiger partial charge in [0.2, 0.25) is 0 Å². The lowest BCUT2D eigenvalue weighted by Crippen LogP contribution is -2.31. The lowest BCUT2D eigenvalue weighted by Gasteiger charge is -2.14. The van der Waals surface area contributed by atoms with Crippen LogP contribution in [0.15, 0.2) is 53.1 Å². The minimum absolute atomic E-state index is 0.172. The van der Waals surface area contributed by atoms with E-state index in [1.807, 2.05) is 31.2 Å². The number of esters is 1. The van der Waals surface area contributed by atoms with Crippen LogP contribution in [0.25, 0.3) is 0 Å². The van der Waals surface area contributed by atoms with E-state index in [4.69, 9.17) is 4.74 Å². The van der Waals surface area contributed by atoms with Gasteiger partial charge in [-0.25, -0.2) is 9.78 Å². The van der Waals surface area contributed by atoms with Crippen molar-refractivity contribution in [1.29, 1.82) is 0 Å². The molecule has 0 saturated carbocycles. The number of carbonyl (C=O) groups is 2. The predicted octanol–water partition coefficient (Wildman–Crippen LogP) is 2.88. The third-order valence-electron chi connectivity index (χ3n) is 2.96. The molecule has 0 unspecified atom stereocenters. The lowest BCUT2D eigenvalue weighted by atomic mass is 10.1. The maximum atomic E-state index is 11.8. The van der Waals surface area contributed by atoms with Gasteiger partial charge in [-0.1, -0.05) is 34.1 Å². The largest absolute Gasteiger partial charge is 0.451 e. The molecule has 2 rings (SSSR count). The Labute approximate surface area is 136 Å². The maximum Gasteiger partial charge on any atom is 0.357 e. The smallest absolute Gasteiger partial charge is 0.357 e. The summed E-state index contributed by atoms with van der Waals surface area (Å²) in [6.07, 6.45) is 1.49. The zero-order valence-electron chi connectivity index (χ0n) is 12.0. The Bertz CT molecular complexity index is 644. The molecule has 1 N–H and O–H groups in total. The number of aromatic nitrogens is 1. The van der Waals surface area contributed by atoms with Gasteiger partial charge < -0.3 is 10.1 Å². The molecule has 0 spiro atoms. The molecule has 0 bridgehead atoms. The Balaban J connectivity index is 1.83. The Morgan fingerprint density at radius 1 is 1.23 bits per heavy atom. The van der Waals surface area contributed by atoms with Crippen LogP contribution in [0.3, 0.4) is 0 Å². The molecule has 2 aromatic rings. The predicted molar refractivity (Wildman–Crippen MR) is 85.2 cm³/mol. The molecule has 0 saturated heterocycles. The van der Waals surface area contributed by atoms with Crippen molar-refractivity contribution in [2.24, 2.45) is 0 Å². The molecule has 114 valence electrons. The molecular weight excluding hydrogens is 348 g/mol. The van der Waals surface area contributed by atoms with E-state index in [2.05, 4.69) is 26.2 Å². The monoisotopic (exact) mass is 362 g/mol. The van der Waals surface area contributed by atoms with E-state index < -0.39 is 5.97 Å². The molecule has 1 aromatic heterocycles. The van der Waals surface area contributed by atoms with Crippen LogP contribution in [0.1, 0.15) is 29.0 Å². The molecule has 0 fully saturated rings. The number of amides is 1. The van der Waals surface area contributed by atoms with Crippen LogP contribution in [0.4, 0.5) is 0 Å². The van der Waals surface area contributed by atoms with Gasteiger partial charge >= 0.3 is 5.97 Å². The van der Waals surface area contributed by atoms with Gasteiger partial charge in [-0.15, -0.1) is 0 Å². The lowest BCUT2D eigenvalue weighted by molar-refractivity contribution is -0.124. The second-order valence-corrected chi connectivity index (χ2v) is 5.55. The van der Waals surface area contributed by atoms with Crippen molar-refractivity contribution in [2.75, 3.05) is 6.61 Å². The fourth-order valence-electron chi connectivity index (χ4n) is 1.81. The minimum Gasteiger partial charge on any atom is -0.451 e. The van der Waals surface area contributed by atoms with Gasteiger partial charge in [-0.3, -0.25) is 4.79 Å². The summed E-state index contributed by atoms with van der Waals surface area (Å²) in [5.74, 6) is -0.980. The molecule has 1 aromatic carbocycles. The van der Waals surface area contributed by atoms with Crippen molar-refractivity contribution in [3.8, 4) is 0 Å². The van der Waals surface area contributed by atoms with E-state index in [0.29, 0.717) is 0 Å². The second-order valence-electron chi connectivity index (χ2n) is 4.63. The van der Waals surface area contributed by atoms with Crippen LogP contribution in [0.5, 0.6) is 0 Å². The van der Waals surface area contributed by atoms with Gasteiger partial charge in [-0.05, 0) is 36.8 Å². The summed E-state index contributed by atoms with van der Waals surface area (Å²) < 4.78 is 5.90. The molecule has 1 heterocycles. The summed E-state index contributed by atoms with van der Waals surface area (Å²) in [5, 5.41) is 2.77. The Hall–Kier alpha value is -2.21.